The zero-order valence-electron chi connectivity index (χ0n) is 17.8. The van der Waals surface area contributed by atoms with Crippen molar-refractivity contribution in [2.24, 2.45) is 11.7 Å². The Kier molecular flexibility index (Phi) is 11.8. The zero-order valence-corrected chi connectivity index (χ0v) is 19.8. The first-order valence-electron chi connectivity index (χ1n) is 9.64. The first-order chi connectivity index (χ1) is 13.0. The molecule has 1 heterocycles. The van der Waals surface area contributed by atoms with E-state index < -0.39 is 17.6 Å². The van der Waals surface area contributed by atoms with Crippen LogP contribution in [0.15, 0.2) is 0 Å². The second kappa shape index (κ2) is 12.6. The number of hydrogen-bond donors (Lipinski definition) is 1. The summed E-state index contributed by atoms with van der Waals surface area (Å²) in [6.07, 6.45) is 6.88. The molecule has 8 nitrogen and oxygen atoms in total. The Hall–Kier alpha value is 0.114. The van der Waals surface area contributed by atoms with Gasteiger partial charge in [0.2, 0.25) is 0 Å². The van der Waals surface area contributed by atoms with Crippen molar-refractivity contribution in [3.05, 3.63) is 0 Å². The monoisotopic (exact) mass is 425 g/mol. The molecule has 162 valence electrons. The number of ether oxygens (including phenoxy) is 1. The molecule has 0 spiro atoms. The fourth-order valence-corrected chi connectivity index (χ4v) is 7.18. The summed E-state index contributed by atoms with van der Waals surface area (Å²) in [6, 6.07) is 1.70. The molecule has 3 unspecified atom stereocenters. The Morgan fingerprint density at radius 1 is 0.778 bits per heavy atom. The van der Waals surface area contributed by atoms with Gasteiger partial charge in [0, 0.05) is 54.7 Å². The van der Waals surface area contributed by atoms with Crippen LogP contribution in [-0.2, 0) is 31.3 Å². The highest BCUT2D eigenvalue weighted by Crippen LogP contribution is 2.41. The van der Waals surface area contributed by atoms with Gasteiger partial charge in [0.1, 0.15) is 0 Å². The molecule has 27 heavy (non-hydrogen) atoms. The highest BCUT2D eigenvalue weighted by molar-refractivity contribution is 6.60. The maximum Gasteiger partial charge on any atom is 0.500 e. The van der Waals surface area contributed by atoms with Crippen molar-refractivity contribution in [1.29, 1.82) is 0 Å². The van der Waals surface area contributed by atoms with Gasteiger partial charge in [-0.15, -0.1) is 0 Å². The summed E-state index contributed by atoms with van der Waals surface area (Å²) < 4.78 is 37.4. The maximum absolute atomic E-state index is 5.54. The highest BCUT2D eigenvalue weighted by Gasteiger charge is 2.45. The predicted octanol–water partition coefficient (Wildman–Crippen LogP) is 2.04. The van der Waals surface area contributed by atoms with Gasteiger partial charge in [0.05, 0.1) is 12.2 Å². The lowest BCUT2D eigenvalue weighted by molar-refractivity contribution is 0.120. The van der Waals surface area contributed by atoms with Gasteiger partial charge >= 0.3 is 17.6 Å². The second-order valence-corrected chi connectivity index (χ2v) is 13.1. The van der Waals surface area contributed by atoms with Crippen LogP contribution in [0.2, 0.25) is 12.1 Å². The molecule has 1 aliphatic heterocycles. The van der Waals surface area contributed by atoms with Crippen LogP contribution in [0.4, 0.5) is 0 Å². The van der Waals surface area contributed by atoms with Gasteiger partial charge in [-0.2, -0.15) is 0 Å². The SMILES string of the molecule is CO[Si](CCC1CCC2OC2C1)(OC)OC.CO[Si](CCCN)(OC)OC. The number of hydrogen-bond acceptors (Lipinski definition) is 8. The molecule has 0 radical (unpaired) electrons. The Balaban J connectivity index is 0.000000293. The average Bonchev–Trinajstić information content (AvgIpc) is 3.50. The van der Waals surface area contributed by atoms with E-state index in [2.05, 4.69) is 0 Å². The molecule has 1 saturated heterocycles. The first kappa shape index (κ1) is 25.2. The smallest absolute Gasteiger partial charge is 0.377 e. The molecule has 0 aromatic heterocycles. The first-order valence-corrected chi connectivity index (χ1v) is 13.5. The van der Waals surface area contributed by atoms with Crippen LogP contribution in [0.3, 0.4) is 0 Å². The van der Waals surface area contributed by atoms with E-state index in [0.717, 1.165) is 30.8 Å². The standard InChI is InChI=1S/C11H22O4Si.C6H17NO3Si/c1-12-16(13-2,14-3)7-6-9-4-5-10-11(8-9)15-10;1-8-11(9-2,10-3)6-4-5-7/h9-11H,4-8H2,1-3H3;4-7H2,1-3H3. The molecule has 2 rings (SSSR count). The molecule has 0 aromatic rings. The summed E-state index contributed by atoms with van der Waals surface area (Å²) in [4.78, 5) is 0. The quantitative estimate of drug-likeness (QED) is 0.375. The molecule has 2 N–H and O–H groups in total. The summed E-state index contributed by atoms with van der Waals surface area (Å²) in [6.45, 7) is 0.644. The number of rotatable bonds is 12. The lowest BCUT2D eigenvalue weighted by Gasteiger charge is -2.27. The van der Waals surface area contributed by atoms with E-state index in [9.17, 15) is 0 Å². The van der Waals surface area contributed by atoms with Crippen LogP contribution >= 0.6 is 0 Å². The van der Waals surface area contributed by atoms with Crippen LogP contribution in [0, 0.1) is 5.92 Å². The maximum atomic E-state index is 5.54. The molecule has 0 amide bonds. The minimum atomic E-state index is -2.35. The van der Waals surface area contributed by atoms with Crippen molar-refractivity contribution in [3.8, 4) is 0 Å². The molecule has 2 fully saturated rings. The molecule has 10 heteroatoms. The third-order valence-electron chi connectivity index (χ3n) is 5.52. The lowest BCUT2D eigenvalue weighted by atomic mass is 9.88. The van der Waals surface area contributed by atoms with Gasteiger partial charge in [-0.25, -0.2) is 0 Å². The Bertz CT molecular complexity index is 381. The molecule has 1 aliphatic carbocycles. The fraction of sp³-hybridized carbons (Fsp3) is 1.00. The van der Waals surface area contributed by atoms with Crippen LogP contribution in [0.25, 0.3) is 0 Å². The third kappa shape index (κ3) is 7.80. The summed E-state index contributed by atoms with van der Waals surface area (Å²) in [5.74, 6) is 0.760. The lowest BCUT2D eigenvalue weighted by Crippen LogP contribution is -2.43. The van der Waals surface area contributed by atoms with E-state index >= 15 is 0 Å². The molecule has 3 atom stereocenters. The largest absolute Gasteiger partial charge is 0.500 e. The van der Waals surface area contributed by atoms with Gasteiger partial charge in [-0.3, -0.25) is 0 Å². The molecular weight excluding hydrogens is 386 g/mol. The number of fused-ring (bicyclic) bond motifs is 1. The molecule has 2 aliphatic rings. The Morgan fingerprint density at radius 2 is 1.30 bits per heavy atom. The van der Waals surface area contributed by atoms with Crippen molar-refractivity contribution >= 4 is 17.6 Å². The summed E-state index contributed by atoms with van der Waals surface area (Å²) in [7, 11) is 5.19. The average molecular weight is 426 g/mol. The normalized spacial score (nSPS) is 24.8. The molecule has 1 saturated carbocycles. The molecular formula is C17H39NO7Si2. The van der Waals surface area contributed by atoms with Crippen molar-refractivity contribution in [2.45, 2.75) is 56.4 Å². The van der Waals surface area contributed by atoms with Gasteiger partial charge in [0.15, 0.2) is 0 Å². The second-order valence-electron chi connectivity index (χ2n) is 6.91. The minimum Gasteiger partial charge on any atom is -0.377 e. The van der Waals surface area contributed by atoms with Crippen LogP contribution in [0.5, 0.6) is 0 Å². The minimum absolute atomic E-state index is 0.558. The predicted molar refractivity (Wildman–Crippen MR) is 107 cm³/mol. The highest BCUT2D eigenvalue weighted by atomic mass is 28.4. The van der Waals surface area contributed by atoms with Crippen molar-refractivity contribution in [3.63, 3.8) is 0 Å². The van der Waals surface area contributed by atoms with E-state index in [-0.39, 0.29) is 0 Å². The van der Waals surface area contributed by atoms with E-state index in [4.69, 9.17) is 37.0 Å². The summed E-state index contributed by atoms with van der Waals surface area (Å²) >= 11 is 0. The van der Waals surface area contributed by atoms with E-state index in [1.165, 1.54) is 19.3 Å². The van der Waals surface area contributed by atoms with E-state index in [0.29, 0.717) is 18.8 Å². The molecule has 0 bridgehead atoms. The van der Waals surface area contributed by atoms with Crippen LogP contribution < -0.4 is 5.73 Å². The van der Waals surface area contributed by atoms with Gasteiger partial charge < -0.3 is 37.0 Å². The summed E-state index contributed by atoms with van der Waals surface area (Å²) in [5, 5.41) is 0. The van der Waals surface area contributed by atoms with Gasteiger partial charge in [-0.05, 0) is 44.6 Å². The summed E-state index contributed by atoms with van der Waals surface area (Å²) in [5.41, 5.74) is 5.36. The molecule has 0 aromatic carbocycles. The topological polar surface area (TPSA) is 93.9 Å². The van der Waals surface area contributed by atoms with Crippen LogP contribution in [0.1, 0.15) is 32.1 Å². The third-order valence-corrected chi connectivity index (χ3v) is 11.1. The fourth-order valence-electron chi connectivity index (χ4n) is 3.56. The Labute approximate surface area is 166 Å². The van der Waals surface area contributed by atoms with Gasteiger partial charge in [-0.1, -0.05) is 0 Å². The van der Waals surface area contributed by atoms with Gasteiger partial charge in [0.25, 0.3) is 0 Å². The van der Waals surface area contributed by atoms with Crippen LogP contribution in [-0.4, -0.2) is 79.0 Å². The number of epoxide rings is 1. The van der Waals surface area contributed by atoms with Crippen molar-refractivity contribution in [1.82, 2.24) is 0 Å². The van der Waals surface area contributed by atoms with E-state index in [1.807, 2.05) is 0 Å². The van der Waals surface area contributed by atoms with E-state index in [1.54, 1.807) is 42.7 Å². The number of nitrogens with two attached hydrogens (primary N) is 1. The zero-order chi connectivity index (χ0) is 20.3. The van der Waals surface area contributed by atoms with Crippen molar-refractivity contribution in [2.75, 3.05) is 49.2 Å². The Morgan fingerprint density at radius 3 is 1.74 bits per heavy atom. The van der Waals surface area contributed by atoms with Crippen molar-refractivity contribution < 1.29 is 31.3 Å².